The molecule has 1 unspecified atom stereocenters. The van der Waals surface area contributed by atoms with Gasteiger partial charge in [0.05, 0.1) is 0 Å². The van der Waals surface area contributed by atoms with Crippen LogP contribution in [0.4, 0.5) is 0 Å². The lowest BCUT2D eigenvalue weighted by molar-refractivity contribution is 0.101. The highest BCUT2D eigenvalue weighted by atomic mass is 32.2. The summed E-state index contributed by atoms with van der Waals surface area (Å²) >= 11 is 0. The van der Waals surface area contributed by atoms with Crippen LogP contribution in [0.1, 0.15) is 15.9 Å². The predicted molar refractivity (Wildman–Crippen MR) is 118 cm³/mol. The number of benzene rings is 4. The number of carbonyl (C=O) groups is 1. The first kappa shape index (κ1) is 16.8. The summed E-state index contributed by atoms with van der Waals surface area (Å²) in [6, 6.07) is 28.1. The zero-order chi connectivity index (χ0) is 18.9. The lowest BCUT2D eigenvalue weighted by Crippen LogP contribution is -2.07. The average Bonchev–Trinajstić information content (AvgIpc) is 3.20. The minimum atomic E-state index is -0.691. The van der Waals surface area contributed by atoms with Gasteiger partial charge in [0, 0.05) is 22.7 Å². The zero-order valence-electron chi connectivity index (χ0n) is 14.9. The van der Waals surface area contributed by atoms with E-state index in [-0.39, 0.29) is 5.91 Å². The van der Waals surface area contributed by atoms with Gasteiger partial charge in [-0.25, -0.2) is 4.99 Å². The van der Waals surface area contributed by atoms with Gasteiger partial charge in [-0.1, -0.05) is 60.7 Å². The van der Waals surface area contributed by atoms with Crippen LogP contribution in [0, 0.1) is 0 Å². The molecule has 0 saturated heterocycles. The summed E-state index contributed by atoms with van der Waals surface area (Å²) in [6.45, 7) is 0. The molecule has 28 heavy (non-hydrogen) atoms. The van der Waals surface area contributed by atoms with Crippen LogP contribution in [0.2, 0.25) is 0 Å². The molecule has 0 aliphatic carbocycles. The number of nitrogens with zero attached hydrogens (tertiary/aromatic N) is 2. The van der Waals surface area contributed by atoms with Gasteiger partial charge in [0.25, 0.3) is 5.91 Å². The molecule has 0 aromatic heterocycles. The van der Waals surface area contributed by atoms with Gasteiger partial charge < -0.3 is 0 Å². The van der Waals surface area contributed by atoms with Crippen LogP contribution in [0.25, 0.3) is 21.5 Å². The van der Waals surface area contributed by atoms with Gasteiger partial charge in [0.1, 0.15) is 5.04 Å². The van der Waals surface area contributed by atoms with Gasteiger partial charge >= 0.3 is 0 Å². The average molecular weight is 380 g/mol. The Balaban J connectivity index is 1.62. The van der Waals surface area contributed by atoms with Crippen molar-refractivity contribution in [3.8, 4) is 0 Å². The summed E-state index contributed by atoms with van der Waals surface area (Å²) in [5.41, 5.74) is 1.62. The molecule has 4 aromatic rings. The molecule has 0 saturated carbocycles. The fraction of sp³-hybridized carbons (Fsp3) is 0. The lowest BCUT2D eigenvalue weighted by Gasteiger charge is -2.10. The molecule has 1 heterocycles. The second kappa shape index (κ2) is 6.98. The zero-order valence-corrected chi connectivity index (χ0v) is 15.8. The fourth-order valence-electron chi connectivity index (χ4n) is 3.41. The van der Waals surface area contributed by atoms with Crippen molar-refractivity contribution in [2.45, 2.75) is 0 Å². The minimum absolute atomic E-state index is 0.214. The summed E-state index contributed by atoms with van der Waals surface area (Å²) in [5, 5.41) is 7.42. The smallest absolute Gasteiger partial charge is 0.266 e. The van der Waals surface area contributed by atoms with E-state index in [0.29, 0.717) is 5.56 Å². The minimum Gasteiger partial charge on any atom is -0.266 e. The van der Waals surface area contributed by atoms with Crippen LogP contribution in [0.5, 0.6) is 0 Å². The van der Waals surface area contributed by atoms with Gasteiger partial charge in [0.2, 0.25) is 0 Å². The van der Waals surface area contributed by atoms with Crippen molar-refractivity contribution in [2.24, 2.45) is 9.36 Å². The Morgan fingerprint density at radius 2 is 1.50 bits per heavy atom. The van der Waals surface area contributed by atoms with E-state index < -0.39 is 10.7 Å². The van der Waals surface area contributed by atoms with Crippen molar-refractivity contribution in [3.05, 3.63) is 108 Å². The third-order valence-electron chi connectivity index (χ3n) is 4.76. The molecule has 1 aliphatic heterocycles. The van der Waals surface area contributed by atoms with Crippen LogP contribution < -0.4 is 0 Å². The molecule has 0 N–H and O–H groups in total. The number of amides is 1. The monoisotopic (exact) mass is 380 g/mol. The molecular formula is C24H16N2OS. The Labute approximate surface area is 165 Å². The highest BCUT2D eigenvalue weighted by Gasteiger charge is 2.17. The maximum Gasteiger partial charge on any atom is 0.283 e. The van der Waals surface area contributed by atoms with E-state index in [9.17, 15) is 4.79 Å². The standard InChI is InChI=1S/C24H16N2OS/c27-23(17-7-2-1-3-8-17)26-28-14-13-25-24(28)21-12-6-11-20-15-18-9-4-5-10-19(18)16-22(20)21/h1-16H. The van der Waals surface area contributed by atoms with Crippen molar-refractivity contribution in [3.63, 3.8) is 0 Å². The van der Waals surface area contributed by atoms with E-state index in [2.05, 4.69) is 51.8 Å². The fourth-order valence-corrected chi connectivity index (χ4v) is 4.71. The Morgan fingerprint density at radius 1 is 0.786 bits per heavy atom. The molecule has 0 spiro atoms. The molecule has 134 valence electrons. The summed E-state index contributed by atoms with van der Waals surface area (Å²) in [4.78, 5) is 17.1. The number of rotatable bonds is 2. The van der Waals surface area contributed by atoms with E-state index in [1.807, 2.05) is 35.7 Å². The number of hydrogen-bond donors (Lipinski definition) is 0. The normalized spacial score (nSPS) is 16.0. The Bertz CT molecular complexity index is 1320. The second-order valence-corrected chi connectivity index (χ2v) is 7.99. The predicted octanol–water partition coefficient (Wildman–Crippen LogP) is 5.87. The maximum atomic E-state index is 12.6. The highest BCUT2D eigenvalue weighted by molar-refractivity contribution is 8.06. The number of hydrogen-bond acceptors (Lipinski definition) is 2. The van der Waals surface area contributed by atoms with Crippen LogP contribution in [0.15, 0.2) is 106 Å². The van der Waals surface area contributed by atoms with Crippen molar-refractivity contribution in [2.75, 3.05) is 0 Å². The summed E-state index contributed by atoms with van der Waals surface area (Å²) in [7, 11) is -0.691. The van der Waals surface area contributed by atoms with Crippen molar-refractivity contribution >= 4 is 43.2 Å². The molecule has 1 amide bonds. The molecule has 1 aliphatic rings. The van der Waals surface area contributed by atoms with Gasteiger partial charge in [-0.2, -0.15) is 4.36 Å². The number of aliphatic imine (C=N–C) groups is 1. The largest absolute Gasteiger partial charge is 0.283 e. The van der Waals surface area contributed by atoms with Crippen molar-refractivity contribution in [1.82, 2.24) is 0 Å². The summed E-state index contributed by atoms with van der Waals surface area (Å²) in [6.07, 6.45) is 1.75. The Hall–Kier alpha value is -3.37. The van der Waals surface area contributed by atoms with Crippen LogP contribution in [0.3, 0.4) is 0 Å². The van der Waals surface area contributed by atoms with Crippen LogP contribution in [-0.2, 0) is 10.7 Å². The van der Waals surface area contributed by atoms with E-state index >= 15 is 0 Å². The topological polar surface area (TPSA) is 41.8 Å². The van der Waals surface area contributed by atoms with Gasteiger partial charge in [-0.05, 0) is 56.5 Å². The quantitative estimate of drug-likeness (QED) is 0.401. The van der Waals surface area contributed by atoms with Crippen LogP contribution in [-0.4, -0.2) is 11.0 Å². The molecule has 5 rings (SSSR count). The van der Waals surface area contributed by atoms with Gasteiger partial charge in [-0.3, -0.25) is 4.79 Å². The van der Waals surface area contributed by atoms with Gasteiger partial charge in [0.15, 0.2) is 0 Å². The molecule has 1 atom stereocenters. The van der Waals surface area contributed by atoms with Crippen molar-refractivity contribution in [1.29, 1.82) is 0 Å². The molecular weight excluding hydrogens is 364 g/mol. The first-order valence-corrected chi connectivity index (χ1v) is 10.2. The SMILES string of the molecule is O=C(N=S1C=CN=C1c1cccc2cc3ccccc3cc12)c1ccccc1. The number of carbonyl (C=O) groups excluding carboxylic acids is 1. The van der Waals surface area contributed by atoms with E-state index in [1.54, 1.807) is 18.3 Å². The maximum absolute atomic E-state index is 12.6. The first-order valence-electron chi connectivity index (χ1n) is 9.00. The third kappa shape index (κ3) is 2.98. The van der Waals surface area contributed by atoms with Crippen molar-refractivity contribution < 1.29 is 4.79 Å². The first-order chi connectivity index (χ1) is 13.8. The third-order valence-corrected chi connectivity index (χ3v) is 6.22. The Kier molecular flexibility index (Phi) is 4.18. The highest BCUT2D eigenvalue weighted by Crippen LogP contribution is 2.28. The molecule has 0 fully saturated rings. The summed E-state index contributed by atoms with van der Waals surface area (Å²) in [5.74, 6) is -0.214. The Morgan fingerprint density at radius 3 is 2.32 bits per heavy atom. The number of fused-ring (bicyclic) bond motifs is 2. The molecule has 4 aromatic carbocycles. The molecule has 0 bridgehead atoms. The lowest BCUT2D eigenvalue weighted by atomic mass is 10.00. The molecule has 4 heteroatoms. The molecule has 3 nitrogen and oxygen atoms in total. The molecule has 0 radical (unpaired) electrons. The van der Waals surface area contributed by atoms with Gasteiger partial charge in [-0.15, -0.1) is 0 Å². The van der Waals surface area contributed by atoms with E-state index in [4.69, 9.17) is 0 Å². The summed E-state index contributed by atoms with van der Waals surface area (Å²) < 4.78 is 4.44. The van der Waals surface area contributed by atoms with Crippen LogP contribution >= 0.6 is 0 Å². The van der Waals surface area contributed by atoms with E-state index in [1.165, 1.54) is 10.8 Å². The van der Waals surface area contributed by atoms with E-state index in [0.717, 1.165) is 21.4 Å². The second-order valence-electron chi connectivity index (χ2n) is 6.52.